The Labute approximate surface area is 480 Å². The number of primary amides is 1. The molecule has 0 aliphatic rings. The number of benzene rings is 1. The molecule has 0 bridgehead atoms. The number of nitrogens with two attached hydrogens (primary N) is 8. The van der Waals surface area contributed by atoms with E-state index in [1.165, 1.54) is 38.1 Å². The van der Waals surface area contributed by atoms with E-state index in [4.69, 9.17) is 45.9 Å². The van der Waals surface area contributed by atoms with E-state index in [1.807, 2.05) is 0 Å². The average molecular weight is 1180 g/mol. The van der Waals surface area contributed by atoms with Crippen molar-refractivity contribution in [3.63, 3.8) is 0 Å². The maximum absolute atomic E-state index is 14.5. The Morgan fingerprint density at radius 3 is 1.31 bits per heavy atom. The van der Waals surface area contributed by atoms with Gasteiger partial charge in [0.25, 0.3) is 0 Å². The number of aliphatic hydroxyl groups is 2. The fraction of sp³-hybridized carbons (Fsp3) is 0.620. The van der Waals surface area contributed by atoms with E-state index in [0.29, 0.717) is 12.0 Å². The molecule has 0 heterocycles. The Kier molecular flexibility index (Phi) is 32.7. The predicted octanol–water partition coefficient (Wildman–Crippen LogP) is -7.27. The van der Waals surface area contributed by atoms with Crippen molar-refractivity contribution in [3.05, 3.63) is 29.8 Å². The minimum atomic E-state index is -1.92. The fourth-order valence-electron chi connectivity index (χ4n) is 7.78. The molecule has 1 aromatic carbocycles. The van der Waals surface area contributed by atoms with Gasteiger partial charge in [0.05, 0.1) is 18.8 Å². The van der Waals surface area contributed by atoms with Crippen LogP contribution < -0.4 is 88.4 Å². The van der Waals surface area contributed by atoms with E-state index in [-0.39, 0.29) is 94.1 Å². The first kappa shape index (κ1) is 72.4. The van der Waals surface area contributed by atoms with Gasteiger partial charge in [0, 0.05) is 32.5 Å². The molecule has 0 fully saturated rings. The number of amides is 9. The van der Waals surface area contributed by atoms with Crippen LogP contribution in [0.4, 0.5) is 0 Å². The number of phenolic OH excluding ortho intramolecular Hbond substituents is 1. The quantitative estimate of drug-likeness (QED) is 0.0165. The molecule has 0 unspecified atom stereocenters. The van der Waals surface area contributed by atoms with Crippen LogP contribution in [-0.2, 0) is 54.4 Å². The standard InChI is InChI=1S/C50H87N19O14/c1-24(2)21-33(65-39(74)29(51)9-6-18-59-48(53)54)43(78)63-30(10-7-19-60-49(55)56)40(75)62-31(11-8-20-61-50(57)58)41(76)66-34(22-27-12-14-28(72)15-13-27)44(79)67-35(23-70)45(80)69-38(26(5)71)46(81)64-32(16-17-36(52)73)42(77)68-37(25(3)4)47(82)83/h12-15,24-26,29-35,37-38,70-72H,6-11,16-23,51H2,1-5H3,(H2,52,73)(H,62,75)(H,63,78)(H,64,81)(H,65,74)(H,66,76)(H,67,79)(H,68,77)(H,69,80)(H,82,83)(H4,53,54,59)(H4,55,56,60)(H4,57,58,61)/t26-,29+,30+,31+,32+,33+,34+,35+,37+,38+/m1/s1. The SMILES string of the molecule is CC(C)C[C@H](NC(=O)[C@@H](N)CCCN=C(N)N)C(=O)N[C@@H](CCCN=C(N)N)C(=O)N[C@@H](CCCN=C(N)N)C(=O)N[C@@H](Cc1ccc(O)cc1)C(=O)N[C@@H](CO)C(=O)N[C@H](C(=O)N[C@@H](CCC(N)=O)C(=O)N[C@H](C(=O)O)C(C)C)[C@@H](C)O. The van der Waals surface area contributed by atoms with Gasteiger partial charge in [-0.15, -0.1) is 0 Å². The lowest BCUT2D eigenvalue weighted by molar-refractivity contribution is -0.144. The molecule has 0 spiro atoms. The highest BCUT2D eigenvalue weighted by Gasteiger charge is 2.37. The van der Waals surface area contributed by atoms with Crippen molar-refractivity contribution >= 4 is 77.0 Å². The van der Waals surface area contributed by atoms with Gasteiger partial charge in [-0.05, 0) is 87.8 Å². The number of aliphatic carboxylic acids is 1. The van der Waals surface area contributed by atoms with Crippen molar-refractivity contribution in [2.24, 2.45) is 72.7 Å². The number of hydrogen-bond acceptors (Lipinski definition) is 17. The van der Waals surface area contributed by atoms with E-state index in [9.17, 15) is 68.4 Å². The molecule has 9 amide bonds. The molecule has 10 atom stereocenters. The number of hydrogen-bond donors (Lipinski definition) is 20. The highest BCUT2D eigenvalue weighted by Crippen LogP contribution is 2.14. The summed E-state index contributed by atoms with van der Waals surface area (Å²) in [5.74, 6) is -11.9. The molecule has 0 aliphatic heterocycles. The first-order valence-corrected chi connectivity index (χ1v) is 26.8. The van der Waals surface area contributed by atoms with Crippen LogP contribution in [0.15, 0.2) is 39.2 Å². The molecule has 1 rings (SSSR count). The smallest absolute Gasteiger partial charge is 0.326 e. The lowest BCUT2D eigenvalue weighted by atomic mass is 10.0. The summed E-state index contributed by atoms with van der Waals surface area (Å²) < 4.78 is 0. The van der Waals surface area contributed by atoms with Gasteiger partial charge < -0.3 is 109 Å². The Balaban J connectivity index is 3.68. The predicted molar refractivity (Wildman–Crippen MR) is 304 cm³/mol. The highest BCUT2D eigenvalue weighted by atomic mass is 16.4. The van der Waals surface area contributed by atoms with Gasteiger partial charge in [-0.2, -0.15) is 0 Å². The molecule has 0 saturated carbocycles. The Hall–Kier alpha value is -8.59. The number of nitrogens with zero attached hydrogens (tertiary/aromatic N) is 3. The minimum Gasteiger partial charge on any atom is -0.508 e. The Morgan fingerprint density at radius 1 is 0.494 bits per heavy atom. The first-order valence-electron chi connectivity index (χ1n) is 26.8. The molecule has 0 aliphatic carbocycles. The first-order chi connectivity index (χ1) is 38.9. The van der Waals surface area contributed by atoms with Gasteiger partial charge in [-0.25, -0.2) is 4.79 Å². The van der Waals surface area contributed by atoms with E-state index in [2.05, 4.69) is 57.5 Å². The number of guanidine groups is 3. The molecule has 0 saturated heterocycles. The fourth-order valence-corrected chi connectivity index (χ4v) is 7.78. The van der Waals surface area contributed by atoms with E-state index in [1.54, 1.807) is 13.8 Å². The Bertz CT molecular complexity index is 2410. The van der Waals surface area contributed by atoms with Crippen molar-refractivity contribution in [1.29, 1.82) is 0 Å². The Morgan fingerprint density at radius 2 is 0.880 bits per heavy atom. The summed E-state index contributed by atoms with van der Waals surface area (Å²) in [6.07, 6.45) is -2.52. The second kappa shape index (κ2) is 37.4. The average Bonchev–Trinajstić information content (AvgIpc) is 3.39. The largest absolute Gasteiger partial charge is 0.508 e. The van der Waals surface area contributed by atoms with Crippen LogP contribution >= 0.6 is 0 Å². The second-order valence-electron chi connectivity index (χ2n) is 20.3. The lowest BCUT2D eigenvalue weighted by Gasteiger charge is -2.28. The minimum absolute atomic E-state index is 0.00571. The molecule has 83 heavy (non-hydrogen) atoms. The number of nitrogens with one attached hydrogen (secondary N) is 8. The van der Waals surface area contributed by atoms with Crippen LogP contribution in [0, 0.1) is 11.8 Å². The van der Waals surface area contributed by atoms with Crippen molar-refractivity contribution in [1.82, 2.24) is 42.5 Å². The molecule has 1 aromatic rings. The van der Waals surface area contributed by atoms with Gasteiger partial charge in [0.1, 0.15) is 54.1 Å². The van der Waals surface area contributed by atoms with Gasteiger partial charge in [0.15, 0.2) is 17.9 Å². The molecule has 28 N–H and O–H groups in total. The number of aliphatic imine (C=N–C) groups is 3. The van der Waals surface area contributed by atoms with Crippen LogP contribution in [-0.4, -0.2) is 184 Å². The van der Waals surface area contributed by atoms with Gasteiger partial charge in [-0.3, -0.25) is 58.1 Å². The summed E-state index contributed by atoms with van der Waals surface area (Å²) in [4.78, 5) is 146. The van der Waals surface area contributed by atoms with Crippen molar-refractivity contribution < 1.29 is 68.4 Å². The van der Waals surface area contributed by atoms with Gasteiger partial charge in [0.2, 0.25) is 53.2 Å². The topological polar surface area (TPSA) is 593 Å². The molecule has 33 heteroatoms. The second-order valence-corrected chi connectivity index (χ2v) is 20.3. The van der Waals surface area contributed by atoms with Crippen LogP contribution in [0.3, 0.4) is 0 Å². The van der Waals surface area contributed by atoms with Crippen LogP contribution in [0.5, 0.6) is 5.75 Å². The van der Waals surface area contributed by atoms with Crippen LogP contribution in [0.1, 0.15) is 98.0 Å². The number of phenols is 1. The summed E-state index contributed by atoms with van der Waals surface area (Å²) in [7, 11) is 0. The van der Waals surface area contributed by atoms with Crippen molar-refractivity contribution in [3.8, 4) is 5.75 Å². The normalized spacial score (nSPS) is 14.6. The zero-order valence-corrected chi connectivity index (χ0v) is 47.5. The summed E-state index contributed by atoms with van der Waals surface area (Å²) in [6.45, 7) is 6.69. The van der Waals surface area contributed by atoms with Gasteiger partial charge in [-0.1, -0.05) is 39.8 Å². The van der Waals surface area contributed by atoms with E-state index < -0.39 is 145 Å². The number of aromatic hydroxyl groups is 1. The summed E-state index contributed by atoms with van der Waals surface area (Å²) >= 11 is 0. The van der Waals surface area contributed by atoms with Crippen LogP contribution in [0.2, 0.25) is 0 Å². The van der Waals surface area contributed by atoms with E-state index >= 15 is 0 Å². The number of aliphatic hydroxyl groups excluding tert-OH is 2. The monoisotopic (exact) mass is 1180 g/mol. The number of carboxylic acids is 1. The molecular weight excluding hydrogens is 1090 g/mol. The molecular formula is C50H87N19O14. The molecule has 0 aromatic heterocycles. The highest BCUT2D eigenvalue weighted by molar-refractivity contribution is 5.98. The number of carboxylic acid groups (broad SMARTS) is 1. The zero-order chi connectivity index (χ0) is 63.1. The van der Waals surface area contributed by atoms with Crippen molar-refractivity contribution in [2.75, 3.05) is 26.2 Å². The summed E-state index contributed by atoms with van der Waals surface area (Å²) in [5.41, 5.74) is 44.6. The number of carbonyl (C=O) groups excluding carboxylic acids is 9. The van der Waals surface area contributed by atoms with Gasteiger partial charge >= 0.3 is 5.97 Å². The third kappa shape index (κ3) is 29.1. The van der Waals surface area contributed by atoms with Crippen LogP contribution in [0.25, 0.3) is 0 Å². The molecule has 0 radical (unpaired) electrons. The lowest BCUT2D eigenvalue weighted by Crippen LogP contribution is -2.62. The number of rotatable bonds is 39. The summed E-state index contributed by atoms with van der Waals surface area (Å²) in [5, 5.41) is 60.2. The zero-order valence-electron chi connectivity index (χ0n) is 47.5. The number of carbonyl (C=O) groups is 10. The third-order valence-electron chi connectivity index (χ3n) is 12.2. The maximum atomic E-state index is 14.5. The molecule has 466 valence electrons. The maximum Gasteiger partial charge on any atom is 0.326 e. The van der Waals surface area contributed by atoms with Crippen molar-refractivity contribution in [2.45, 2.75) is 159 Å². The molecule has 33 nitrogen and oxygen atoms in total. The summed E-state index contributed by atoms with van der Waals surface area (Å²) in [6, 6.07) is -8.33. The third-order valence-corrected chi connectivity index (χ3v) is 12.2. The van der Waals surface area contributed by atoms with E-state index in [0.717, 1.165) is 6.92 Å².